The summed E-state index contributed by atoms with van der Waals surface area (Å²) in [5.74, 6) is 1.36. The molecule has 0 atom stereocenters. The largest absolute Gasteiger partial charge is 0.310 e. The van der Waals surface area contributed by atoms with Gasteiger partial charge in [-0.05, 0) is 49.3 Å². The number of amides is 1. The van der Waals surface area contributed by atoms with Gasteiger partial charge in [-0.3, -0.25) is 4.79 Å². The molecule has 1 N–H and O–H groups in total. The second-order valence-electron chi connectivity index (χ2n) is 6.63. The number of anilines is 1. The molecule has 2 aromatic rings. The average molecular weight is 319 g/mol. The number of nitrogens with zero attached hydrogens (tertiary/aromatic N) is 2. The Morgan fingerprint density at radius 3 is 2.79 bits per heavy atom. The number of rotatable bonds is 5. The van der Waals surface area contributed by atoms with Gasteiger partial charge in [0, 0.05) is 12.1 Å². The van der Waals surface area contributed by atoms with Crippen LogP contribution in [0.5, 0.6) is 0 Å². The Labute approximate surface area is 142 Å². The van der Waals surface area contributed by atoms with Crippen LogP contribution in [0.3, 0.4) is 0 Å². The average Bonchev–Trinajstić information content (AvgIpc) is 2.52. The summed E-state index contributed by atoms with van der Waals surface area (Å²) in [6.07, 6.45) is 5.12. The van der Waals surface area contributed by atoms with Gasteiger partial charge >= 0.3 is 0 Å². The first kappa shape index (κ1) is 16.2. The normalized spacial score (nSPS) is 19.2. The maximum atomic E-state index is 12.1. The van der Waals surface area contributed by atoms with E-state index in [2.05, 4.69) is 16.4 Å². The fourth-order valence-electron chi connectivity index (χ4n) is 3.15. The Morgan fingerprint density at radius 2 is 2.12 bits per heavy atom. The number of nitrogens with one attached hydrogen (secondary N) is 1. The lowest BCUT2D eigenvalue weighted by molar-refractivity contribution is -0.115. The lowest BCUT2D eigenvalue weighted by Crippen LogP contribution is -2.24. The van der Waals surface area contributed by atoms with E-state index in [9.17, 15) is 4.79 Å². The summed E-state index contributed by atoms with van der Waals surface area (Å²) >= 11 is 0. The number of carbonyl (C=O) groups excluding carboxylic acids is 1. The number of carbonyl (C=O) groups is 1. The monoisotopic (exact) mass is 319 g/mol. The van der Waals surface area contributed by atoms with E-state index in [4.69, 9.17) is 5.26 Å². The third-order valence-corrected chi connectivity index (χ3v) is 4.48. The molecule has 0 saturated heterocycles. The molecular weight excluding hydrogens is 298 g/mol. The van der Waals surface area contributed by atoms with Crippen LogP contribution in [0.25, 0.3) is 0 Å². The highest BCUT2D eigenvalue weighted by atomic mass is 16.1. The molecule has 4 nitrogen and oxygen atoms in total. The predicted molar refractivity (Wildman–Crippen MR) is 93.3 cm³/mol. The standard InChI is InChI=1S/C20H21N3O/c1-14-3-2-4-15(7-14)11-20(24)23-19-6-5-16(13-22-19)8-17-9-18(10-17)12-21/h2-7,13,17-18H,8-11H2,1H3,(H,22,23,24). The molecule has 1 aromatic carbocycles. The van der Waals surface area contributed by atoms with Crippen LogP contribution >= 0.6 is 0 Å². The van der Waals surface area contributed by atoms with Gasteiger partial charge < -0.3 is 5.32 Å². The number of hydrogen-bond acceptors (Lipinski definition) is 3. The molecule has 0 unspecified atom stereocenters. The number of benzene rings is 1. The minimum Gasteiger partial charge on any atom is -0.310 e. The summed E-state index contributed by atoms with van der Waals surface area (Å²) < 4.78 is 0. The molecule has 0 aliphatic heterocycles. The van der Waals surface area contributed by atoms with Gasteiger partial charge in [0.2, 0.25) is 5.91 Å². The van der Waals surface area contributed by atoms with Crippen LogP contribution in [0.1, 0.15) is 29.5 Å². The highest BCUT2D eigenvalue weighted by molar-refractivity contribution is 5.91. The first-order valence-electron chi connectivity index (χ1n) is 8.32. The molecule has 1 aliphatic carbocycles. The van der Waals surface area contributed by atoms with Gasteiger partial charge in [-0.15, -0.1) is 0 Å². The molecule has 1 amide bonds. The van der Waals surface area contributed by atoms with Gasteiger partial charge in [0.25, 0.3) is 0 Å². The molecule has 0 bridgehead atoms. The second-order valence-corrected chi connectivity index (χ2v) is 6.63. The lowest BCUT2D eigenvalue weighted by Gasteiger charge is -2.30. The minimum absolute atomic E-state index is 0.0586. The number of hydrogen-bond donors (Lipinski definition) is 1. The summed E-state index contributed by atoms with van der Waals surface area (Å²) in [6, 6.07) is 14.1. The zero-order valence-electron chi connectivity index (χ0n) is 13.8. The predicted octanol–water partition coefficient (Wildman–Crippen LogP) is 3.66. The van der Waals surface area contributed by atoms with E-state index in [-0.39, 0.29) is 11.8 Å². The van der Waals surface area contributed by atoms with Crippen molar-refractivity contribution in [1.82, 2.24) is 4.98 Å². The third-order valence-electron chi connectivity index (χ3n) is 4.48. The Bertz CT molecular complexity index is 755. The maximum absolute atomic E-state index is 12.1. The summed E-state index contributed by atoms with van der Waals surface area (Å²) in [4.78, 5) is 16.4. The van der Waals surface area contributed by atoms with Crippen molar-refractivity contribution in [3.8, 4) is 6.07 Å². The molecule has 1 saturated carbocycles. The van der Waals surface area contributed by atoms with Crippen LogP contribution in [0.2, 0.25) is 0 Å². The van der Waals surface area contributed by atoms with E-state index in [0.29, 0.717) is 18.2 Å². The van der Waals surface area contributed by atoms with Crippen molar-refractivity contribution in [3.05, 3.63) is 59.3 Å². The topological polar surface area (TPSA) is 65.8 Å². The van der Waals surface area contributed by atoms with Gasteiger partial charge in [-0.1, -0.05) is 35.9 Å². The van der Waals surface area contributed by atoms with Gasteiger partial charge in [0.1, 0.15) is 5.82 Å². The molecule has 122 valence electrons. The van der Waals surface area contributed by atoms with E-state index in [0.717, 1.165) is 36.0 Å². The Hall–Kier alpha value is -2.67. The van der Waals surface area contributed by atoms with Gasteiger partial charge in [0.15, 0.2) is 0 Å². The SMILES string of the molecule is Cc1cccc(CC(=O)Nc2ccc(CC3CC(C#N)C3)cn2)c1. The molecular formula is C20H21N3O. The van der Waals surface area contributed by atoms with E-state index >= 15 is 0 Å². The maximum Gasteiger partial charge on any atom is 0.229 e. The van der Waals surface area contributed by atoms with Crippen LogP contribution in [-0.4, -0.2) is 10.9 Å². The van der Waals surface area contributed by atoms with Crippen LogP contribution in [0.15, 0.2) is 42.6 Å². The van der Waals surface area contributed by atoms with Gasteiger partial charge in [-0.2, -0.15) is 5.26 Å². The molecule has 0 spiro atoms. The minimum atomic E-state index is -0.0586. The molecule has 4 heteroatoms. The van der Waals surface area contributed by atoms with Crippen LogP contribution in [0, 0.1) is 30.1 Å². The quantitative estimate of drug-likeness (QED) is 0.914. The smallest absolute Gasteiger partial charge is 0.229 e. The number of aromatic nitrogens is 1. The molecule has 1 heterocycles. The van der Waals surface area contributed by atoms with E-state index < -0.39 is 0 Å². The van der Waals surface area contributed by atoms with E-state index in [1.165, 1.54) is 0 Å². The molecule has 0 radical (unpaired) electrons. The lowest BCUT2D eigenvalue weighted by atomic mass is 9.73. The summed E-state index contributed by atoms with van der Waals surface area (Å²) in [6.45, 7) is 2.02. The molecule has 1 fully saturated rings. The van der Waals surface area contributed by atoms with Crippen LogP contribution in [-0.2, 0) is 17.6 Å². The molecule has 1 aliphatic rings. The first-order chi connectivity index (χ1) is 11.6. The van der Waals surface area contributed by atoms with Gasteiger partial charge in [0.05, 0.1) is 12.5 Å². The van der Waals surface area contributed by atoms with Crippen molar-refractivity contribution in [2.24, 2.45) is 11.8 Å². The summed E-state index contributed by atoms with van der Waals surface area (Å²) in [7, 11) is 0. The van der Waals surface area contributed by atoms with Crippen molar-refractivity contribution in [1.29, 1.82) is 5.26 Å². The van der Waals surface area contributed by atoms with Crippen molar-refractivity contribution < 1.29 is 4.79 Å². The fourth-order valence-corrected chi connectivity index (χ4v) is 3.15. The molecule has 1 aromatic heterocycles. The van der Waals surface area contributed by atoms with Gasteiger partial charge in [-0.25, -0.2) is 4.98 Å². The molecule has 24 heavy (non-hydrogen) atoms. The Morgan fingerprint density at radius 1 is 1.29 bits per heavy atom. The second kappa shape index (κ2) is 7.27. The van der Waals surface area contributed by atoms with Crippen molar-refractivity contribution in [3.63, 3.8) is 0 Å². The first-order valence-corrected chi connectivity index (χ1v) is 8.32. The van der Waals surface area contributed by atoms with Crippen molar-refractivity contribution in [2.75, 3.05) is 5.32 Å². The summed E-state index contributed by atoms with van der Waals surface area (Å²) in [5, 5.41) is 11.6. The van der Waals surface area contributed by atoms with E-state index in [1.54, 1.807) is 0 Å². The Kier molecular flexibility index (Phi) is 4.90. The number of pyridine rings is 1. The van der Waals surface area contributed by atoms with Crippen molar-refractivity contribution in [2.45, 2.75) is 32.6 Å². The third kappa shape index (κ3) is 4.20. The zero-order chi connectivity index (χ0) is 16.9. The fraction of sp³-hybridized carbons (Fsp3) is 0.350. The highest BCUT2D eigenvalue weighted by Gasteiger charge is 2.28. The van der Waals surface area contributed by atoms with E-state index in [1.807, 2.05) is 49.5 Å². The summed E-state index contributed by atoms with van der Waals surface area (Å²) in [5.41, 5.74) is 3.31. The van der Waals surface area contributed by atoms with Crippen molar-refractivity contribution >= 4 is 11.7 Å². The highest BCUT2D eigenvalue weighted by Crippen LogP contribution is 2.35. The van der Waals surface area contributed by atoms with Crippen LogP contribution in [0.4, 0.5) is 5.82 Å². The molecule has 3 rings (SSSR count). The zero-order valence-corrected chi connectivity index (χ0v) is 13.8. The van der Waals surface area contributed by atoms with Crippen LogP contribution < -0.4 is 5.32 Å². The number of aryl methyl sites for hydroxylation is 1. The Balaban J connectivity index is 1.50. The number of nitriles is 1.